The molecule has 0 unspecified atom stereocenters. The maximum absolute atomic E-state index is 11.9. The summed E-state index contributed by atoms with van der Waals surface area (Å²) in [6.07, 6.45) is 9.18. The molecule has 4 rings (SSSR count). The summed E-state index contributed by atoms with van der Waals surface area (Å²) in [6, 6.07) is 7.31. The molecule has 30 heavy (non-hydrogen) atoms. The van der Waals surface area contributed by atoms with Gasteiger partial charge in [-0.1, -0.05) is 29.3 Å². The number of hydrogen-bond donors (Lipinski definition) is 2. The fourth-order valence-corrected chi connectivity index (χ4v) is 5.39. The zero-order chi connectivity index (χ0) is 21.1. The number of urea groups is 1. The molecule has 1 heterocycles. The maximum atomic E-state index is 11.9. The molecule has 7 heteroatoms. The normalized spacial score (nSPS) is 25.4. The number of nitrogens with zero attached hydrogens (tertiary/aromatic N) is 2. The molecule has 2 amide bonds. The largest absolute Gasteiger partial charge is 0.370 e. The lowest BCUT2D eigenvalue weighted by atomic mass is 9.85. The van der Waals surface area contributed by atoms with Gasteiger partial charge in [0.1, 0.15) is 0 Å². The van der Waals surface area contributed by atoms with Crippen molar-refractivity contribution in [1.29, 1.82) is 0 Å². The highest BCUT2D eigenvalue weighted by atomic mass is 35.5. The molecular formula is C23H34Cl2N4O. The van der Waals surface area contributed by atoms with Crippen molar-refractivity contribution in [2.45, 2.75) is 69.5 Å². The van der Waals surface area contributed by atoms with Gasteiger partial charge in [-0.25, -0.2) is 4.79 Å². The molecule has 0 aromatic heterocycles. The lowest BCUT2D eigenvalue weighted by Crippen LogP contribution is -2.47. The predicted octanol–water partition coefficient (Wildman–Crippen LogP) is 4.91. The van der Waals surface area contributed by atoms with Crippen LogP contribution in [-0.4, -0.2) is 55.7 Å². The molecule has 1 saturated heterocycles. The van der Waals surface area contributed by atoms with Crippen molar-refractivity contribution in [3.8, 4) is 0 Å². The number of amides is 2. The van der Waals surface area contributed by atoms with Gasteiger partial charge in [-0.3, -0.25) is 0 Å². The van der Waals surface area contributed by atoms with E-state index in [9.17, 15) is 4.79 Å². The van der Waals surface area contributed by atoms with Gasteiger partial charge in [0.25, 0.3) is 0 Å². The van der Waals surface area contributed by atoms with Crippen LogP contribution >= 0.6 is 23.2 Å². The minimum atomic E-state index is 0.0321. The number of anilines is 1. The van der Waals surface area contributed by atoms with Crippen LogP contribution in [0, 0.1) is 5.92 Å². The van der Waals surface area contributed by atoms with E-state index in [1.807, 2.05) is 12.1 Å². The first-order valence-electron chi connectivity index (χ1n) is 11.5. The van der Waals surface area contributed by atoms with E-state index in [-0.39, 0.29) is 6.03 Å². The van der Waals surface area contributed by atoms with Crippen molar-refractivity contribution in [2.24, 2.45) is 5.92 Å². The minimum Gasteiger partial charge on any atom is -0.370 e. The lowest BCUT2D eigenvalue weighted by molar-refractivity contribution is 0.153. The zero-order valence-corrected chi connectivity index (χ0v) is 19.4. The van der Waals surface area contributed by atoms with Crippen LogP contribution < -0.4 is 15.5 Å². The summed E-state index contributed by atoms with van der Waals surface area (Å²) < 4.78 is 0. The van der Waals surface area contributed by atoms with E-state index in [0.717, 1.165) is 69.8 Å². The maximum Gasteiger partial charge on any atom is 0.315 e. The number of piperidine rings is 1. The Hall–Kier alpha value is -1.17. The van der Waals surface area contributed by atoms with Crippen molar-refractivity contribution in [2.75, 3.05) is 31.6 Å². The van der Waals surface area contributed by atoms with E-state index in [1.165, 1.54) is 12.8 Å². The molecule has 1 aliphatic heterocycles. The molecule has 0 radical (unpaired) electrons. The standard InChI is InChI=1S/C23H34Cl2N4O/c1-28(15-16-5-7-17(8-6-16)26-23(30)27-18-9-10-18)19-11-13-29(14-12-19)21-4-2-3-20(24)22(21)25/h2-4,16-19H,5-15H2,1H3,(H2,26,27,30). The molecule has 5 nitrogen and oxygen atoms in total. The number of carbonyl (C=O) groups is 1. The first-order chi connectivity index (χ1) is 14.5. The summed E-state index contributed by atoms with van der Waals surface area (Å²) in [7, 11) is 2.28. The fraction of sp³-hybridized carbons (Fsp3) is 0.696. The monoisotopic (exact) mass is 452 g/mol. The molecule has 2 saturated carbocycles. The van der Waals surface area contributed by atoms with Crippen LogP contribution in [0.2, 0.25) is 10.0 Å². The van der Waals surface area contributed by atoms with Gasteiger partial charge in [-0.15, -0.1) is 0 Å². The zero-order valence-electron chi connectivity index (χ0n) is 17.9. The molecule has 3 aliphatic rings. The second kappa shape index (κ2) is 9.97. The summed E-state index contributed by atoms with van der Waals surface area (Å²) in [5.74, 6) is 0.736. The Balaban J connectivity index is 1.17. The summed E-state index contributed by atoms with van der Waals surface area (Å²) in [6.45, 7) is 3.19. The van der Waals surface area contributed by atoms with E-state index in [4.69, 9.17) is 23.2 Å². The van der Waals surface area contributed by atoms with Crippen molar-refractivity contribution >= 4 is 34.9 Å². The van der Waals surface area contributed by atoms with E-state index in [2.05, 4.69) is 33.5 Å². The second-order valence-corrected chi connectivity index (χ2v) is 10.1. The number of benzene rings is 1. The predicted molar refractivity (Wildman–Crippen MR) is 125 cm³/mol. The van der Waals surface area contributed by atoms with E-state index >= 15 is 0 Å². The van der Waals surface area contributed by atoms with Gasteiger partial charge in [0.15, 0.2) is 0 Å². The SMILES string of the molecule is CN(CC1CCC(NC(=O)NC2CC2)CC1)C1CCN(c2cccc(Cl)c2Cl)CC1. The molecule has 3 fully saturated rings. The summed E-state index contributed by atoms with van der Waals surface area (Å²) >= 11 is 12.6. The first kappa shape index (κ1) is 22.0. The highest BCUT2D eigenvalue weighted by Crippen LogP contribution is 2.34. The Morgan fingerprint density at radius 3 is 2.20 bits per heavy atom. The van der Waals surface area contributed by atoms with Crippen LogP contribution in [0.25, 0.3) is 0 Å². The third-order valence-corrected chi connectivity index (χ3v) is 7.81. The average Bonchev–Trinajstić information content (AvgIpc) is 3.55. The lowest BCUT2D eigenvalue weighted by Gasteiger charge is -2.40. The molecule has 1 aromatic carbocycles. The molecule has 166 valence electrons. The van der Waals surface area contributed by atoms with Crippen LogP contribution in [0.4, 0.5) is 10.5 Å². The highest BCUT2D eigenvalue weighted by Gasteiger charge is 2.29. The van der Waals surface area contributed by atoms with Gasteiger partial charge in [0.2, 0.25) is 0 Å². The van der Waals surface area contributed by atoms with Gasteiger partial charge in [-0.05, 0) is 76.5 Å². The van der Waals surface area contributed by atoms with Crippen molar-refractivity contribution in [1.82, 2.24) is 15.5 Å². The molecule has 1 aromatic rings. The number of hydrogen-bond acceptors (Lipinski definition) is 3. The van der Waals surface area contributed by atoms with Crippen molar-refractivity contribution in [3.05, 3.63) is 28.2 Å². The minimum absolute atomic E-state index is 0.0321. The van der Waals surface area contributed by atoms with Gasteiger partial charge in [0.05, 0.1) is 15.7 Å². The van der Waals surface area contributed by atoms with E-state index in [1.54, 1.807) is 0 Å². The summed E-state index contributed by atoms with van der Waals surface area (Å²) in [5.41, 5.74) is 1.06. The van der Waals surface area contributed by atoms with Crippen molar-refractivity contribution in [3.63, 3.8) is 0 Å². The Labute approximate surface area is 190 Å². The number of nitrogens with one attached hydrogen (secondary N) is 2. The third-order valence-electron chi connectivity index (χ3n) is 7.00. The second-order valence-electron chi connectivity index (χ2n) is 9.34. The number of rotatable bonds is 6. The first-order valence-corrected chi connectivity index (χ1v) is 12.2. The topological polar surface area (TPSA) is 47.6 Å². The molecule has 0 spiro atoms. The Morgan fingerprint density at radius 1 is 1.00 bits per heavy atom. The van der Waals surface area contributed by atoms with Crippen LogP contribution in [0.15, 0.2) is 18.2 Å². The molecule has 0 bridgehead atoms. The van der Waals surface area contributed by atoms with E-state index < -0.39 is 0 Å². The van der Waals surface area contributed by atoms with Crippen LogP contribution in [0.1, 0.15) is 51.4 Å². The molecule has 2 N–H and O–H groups in total. The number of halogens is 2. The van der Waals surface area contributed by atoms with Crippen molar-refractivity contribution < 1.29 is 4.79 Å². The van der Waals surface area contributed by atoms with Crippen LogP contribution in [0.3, 0.4) is 0 Å². The van der Waals surface area contributed by atoms with Gasteiger partial charge in [-0.2, -0.15) is 0 Å². The Morgan fingerprint density at radius 2 is 1.60 bits per heavy atom. The molecule has 2 aliphatic carbocycles. The van der Waals surface area contributed by atoms with E-state index in [0.29, 0.717) is 28.2 Å². The molecular weight excluding hydrogens is 419 g/mol. The Kier molecular flexibility index (Phi) is 7.32. The quantitative estimate of drug-likeness (QED) is 0.643. The third kappa shape index (κ3) is 5.74. The van der Waals surface area contributed by atoms with Crippen LogP contribution in [-0.2, 0) is 0 Å². The number of carbonyl (C=O) groups excluding carboxylic acids is 1. The summed E-state index contributed by atoms with van der Waals surface area (Å²) in [5, 5.41) is 7.50. The van der Waals surface area contributed by atoms with Gasteiger partial charge >= 0.3 is 6.03 Å². The highest BCUT2D eigenvalue weighted by molar-refractivity contribution is 6.43. The van der Waals surface area contributed by atoms with Gasteiger partial charge in [0, 0.05) is 37.8 Å². The van der Waals surface area contributed by atoms with Crippen LogP contribution in [0.5, 0.6) is 0 Å². The Bertz CT molecular complexity index is 726. The smallest absolute Gasteiger partial charge is 0.315 e. The average molecular weight is 453 g/mol. The summed E-state index contributed by atoms with van der Waals surface area (Å²) in [4.78, 5) is 16.9. The molecule has 0 atom stereocenters. The fourth-order valence-electron chi connectivity index (χ4n) is 4.97. The van der Waals surface area contributed by atoms with Gasteiger partial charge < -0.3 is 20.4 Å².